The average Bonchev–Trinajstić information content (AvgIpc) is 2.62. The van der Waals surface area contributed by atoms with Crippen LogP contribution in [0.2, 0.25) is 0 Å². The summed E-state index contributed by atoms with van der Waals surface area (Å²) in [5, 5.41) is 4.69. The molecule has 0 saturated heterocycles. The summed E-state index contributed by atoms with van der Waals surface area (Å²) in [4.78, 5) is 39.4. The van der Waals surface area contributed by atoms with E-state index in [1.165, 1.54) is 11.1 Å². The van der Waals surface area contributed by atoms with Gasteiger partial charge >= 0.3 is 0 Å². The minimum absolute atomic E-state index is 0.0622. The van der Waals surface area contributed by atoms with Gasteiger partial charge in [-0.25, -0.2) is 0 Å². The standard InChI is InChI=1S/C18H24N4O3/c1-4-21(5-2)18(25)13-20(3)17(24)10-11-22-15-9-7-6-8-14(15)16(23)12-19-22/h6-9,12H,4-5,10-11,13H2,1-3H3. The van der Waals surface area contributed by atoms with Crippen LogP contribution in [0, 0.1) is 0 Å². The molecule has 0 aliphatic rings. The molecule has 0 saturated carbocycles. The van der Waals surface area contributed by atoms with Gasteiger partial charge in [0.05, 0.1) is 24.8 Å². The number of likely N-dealkylation sites (N-methyl/N-ethyl adjacent to an activating group) is 2. The number of aryl methyl sites for hydroxylation is 1. The van der Waals surface area contributed by atoms with Gasteiger partial charge in [0.1, 0.15) is 0 Å². The second-order valence-corrected chi connectivity index (χ2v) is 5.81. The first-order chi connectivity index (χ1) is 12.0. The molecule has 7 nitrogen and oxygen atoms in total. The lowest BCUT2D eigenvalue weighted by Gasteiger charge is -2.23. The molecule has 0 spiro atoms. The molecule has 0 radical (unpaired) electrons. The first kappa shape index (κ1) is 18.6. The number of fused-ring (bicyclic) bond motifs is 1. The molecule has 0 fully saturated rings. The van der Waals surface area contributed by atoms with Crippen LogP contribution in [-0.4, -0.2) is 58.1 Å². The summed E-state index contributed by atoms with van der Waals surface area (Å²) in [6.07, 6.45) is 1.47. The third-order valence-corrected chi connectivity index (χ3v) is 4.21. The van der Waals surface area contributed by atoms with Crippen LogP contribution < -0.4 is 5.43 Å². The predicted molar refractivity (Wildman–Crippen MR) is 96.2 cm³/mol. The first-order valence-corrected chi connectivity index (χ1v) is 8.44. The minimum Gasteiger partial charge on any atom is -0.342 e. The second-order valence-electron chi connectivity index (χ2n) is 5.81. The molecule has 134 valence electrons. The van der Waals surface area contributed by atoms with Crippen molar-refractivity contribution in [1.29, 1.82) is 0 Å². The monoisotopic (exact) mass is 344 g/mol. The number of hydrogen-bond donors (Lipinski definition) is 0. The summed E-state index contributed by atoms with van der Waals surface area (Å²) < 4.78 is 1.65. The van der Waals surface area contributed by atoms with Crippen molar-refractivity contribution in [2.75, 3.05) is 26.7 Å². The van der Waals surface area contributed by atoms with Gasteiger partial charge in [0, 0.05) is 31.9 Å². The zero-order valence-corrected chi connectivity index (χ0v) is 14.9. The molecule has 0 atom stereocenters. The number of carbonyl (C=O) groups excluding carboxylic acids is 2. The highest BCUT2D eigenvalue weighted by atomic mass is 16.2. The molecule has 2 amide bonds. The maximum absolute atomic E-state index is 12.3. The fourth-order valence-corrected chi connectivity index (χ4v) is 2.70. The number of hydrogen-bond acceptors (Lipinski definition) is 4. The number of para-hydroxylation sites is 1. The fourth-order valence-electron chi connectivity index (χ4n) is 2.70. The largest absolute Gasteiger partial charge is 0.342 e. The van der Waals surface area contributed by atoms with E-state index in [2.05, 4.69) is 5.10 Å². The molecule has 1 heterocycles. The normalized spacial score (nSPS) is 10.7. The number of nitrogens with zero attached hydrogens (tertiary/aromatic N) is 4. The Bertz CT molecular complexity index is 811. The molecule has 0 N–H and O–H groups in total. The molecule has 0 bridgehead atoms. The van der Waals surface area contributed by atoms with E-state index in [0.29, 0.717) is 30.5 Å². The molecular formula is C18H24N4O3. The van der Waals surface area contributed by atoms with Gasteiger partial charge in [-0.15, -0.1) is 0 Å². The SMILES string of the molecule is CCN(CC)C(=O)CN(C)C(=O)CCn1ncc(=O)c2ccccc21. The van der Waals surface area contributed by atoms with Crippen molar-refractivity contribution in [3.8, 4) is 0 Å². The van der Waals surface area contributed by atoms with Gasteiger partial charge in [0.2, 0.25) is 17.2 Å². The molecule has 0 aliphatic carbocycles. The Labute approximate surface area is 146 Å². The molecule has 0 unspecified atom stereocenters. The van der Waals surface area contributed by atoms with Crippen LogP contribution >= 0.6 is 0 Å². The predicted octanol–water partition coefficient (Wildman–Crippen LogP) is 1.11. The van der Waals surface area contributed by atoms with Crippen molar-refractivity contribution in [2.45, 2.75) is 26.8 Å². The number of rotatable bonds is 7. The third kappa shape index (κ3) is 4.43. The summed E-state index contributed by atoms with van der Waals surface area (Å²) in [5.41, 5.74) is 0.560. The highest BCUT2D eigenvalue weighted by Crippen LogP contribution is 2.08. The van der Waals surface area contributed by atoms with E-state index >= 15 is 0 Å². The van der Waals surface area contributed by atoms with Gasteiger partial charge in [0.25, 0.3) is 0 Å². The summed E-state index contributed by atoms with van der Waals surface area (Å²) in [6, 6.07) is 7.18. The molecule has 1 aromatic carbocycles. The molecule has 2 aromatic rings. The second kappa shape index (κ2) is 8.41. The van der Waals surface area contributed by atoms with Gasteiger partial charge in [-0.2, -0.15) is 5.10 Å². The molecular weight excluding hydrogens is 320 g/mol. The summed E-state index contributed by atoms with van der Waals surface area (Å²) in [6.45, 7) is 5.50. The van der Waals surface area contributed by atoms with Gasteiger partial charge in [0.15, 0.2) is 0 Å². The lowest BCUT2D eigenvalue weighted by molar-refractivity contribution is -0.139. The maximum atomic E-state index is 12.3. The molecule has 0 aliphatic heterocycles. The zero-order valence-electron chi connectivity index (χ0n) is 14.9. The Kier molecular flexibility index (Phi) is 6.27. The van der Waals surface area contributed by atoms with Crippen molar-refractivity contribution in [3.05, 3.63) is 40.7 Å². The molecule has 25 heavy (non-hydrogen) atoms. The number of benzene rings is 1. The summed E-state index contributed by atoms with van der Waals surface area (Å²) in [5.74, 6) is -0.196. The van der Waals surface area contributed by atoms with E-state index in [1.54, 1.807) is 28.8 Å². The molecule has 7 heteroatoms. The van der Waals surface area contributed by atoms with Gasteiger partial charge in [-0.1, -0.05) is 12.1 Å². The van der Waals surface area contributed by atoms with Gasteiger partial charge in [-0.3, -0.25) is 19.1 Å². The van der Waals surface area contributed by atoms with Gasteiger partial charge in [-0.05, 0) is 26.0 Å². The Hall–Kier alpha value is -2.70. The molecule has 2 rings (SSSR count). The van der Waals surface area contributed by atoms with E-state index in [1.807, 2.05) is 26.0 Å². The van der Waals surface area contributed by atoms with E-state index in [4.69, 9.17) is 0 Å². The average molecular weight is 344 g/mol. The smallest absolute Gasteiger partial charge is 0.242 e. The van der Waals surface area contributed by atoms with Crippen LogP contribution in [0.3, 0.4) is 0 Å². The lowest BCUT2D eigenvalue weighted by Crippen LogP contribution is -2.41. The van der Waals surface area contributed by atoms with Gasteiger partial charge < -0.3 is 9.80 Å². The Morgan fingerprint density at radius 1 is 1.12 bits per heavy atom. The van der Waals surface area contributed by atoms with Crippen LogP contribution in [0.25, 0.3) is 10.9 Å². The number of amides is 2. The van der Waals surface area contributed by atoms with E-state index in [9.17, 15) is 14.4 Å². The van der Waals surface area contributed by atoms with Crippen molar-refractivity contribution < 1.29 is 9.59 Å². The van der Waals surface area contributed by atoms with E-state index in [0.717, 1.165) is 0 Å². The van der Waals surface area contributed by atoms with Crippen LogP contribution in [-0.2, 0) is 16.1 Å². The molecule has 1 aromatic heterocycles. The van der Waals surface area contributed by atoms with Crippen LogP contribution in [0.1, 0.15) is 20.3 Å². The first-order valence-electron chi connectivity index (χ1n) is 8.44. The topological polar surface area (TPSA) is 75.5 Å². The summed E-state index contributed by atoms with van der Waals surface area (Å²) in [7, 11) is 1.63. The van der Waals surface area contributed by atoms with Crippen molar-refractivity contribution in [1.82, 2.24) is 19.6 Å². The van der Waals surface area contributed by atoms with Crippen molar-refractivity contribution in [3.63, 3.8) is 0 Å². The maximum Gasteiger partial charge on any atom is 0.242 e. The van der Waals surface area contributed by atoms with Crippen molar-refractivity contribution in [2.24, 2.45) is 0 Å². The fraction of sp³-hybridized carbons (Fsp3) is 0.444. The van der Waals surface area contributed by atoms with Crippen LogP contribution in [0.4, 0.5) is 0 Å². The van der Waals surface area contributed by atoms with E-state index < -0.39 is 0 Å². The Morgan fingerprint density at radius 2 is 1.80 bits per heavy atom. The summed E-state index contributed by atoms with van der Waals surface area (Å²) >= 11 is 0. The Morgan fingerprint density at radius 3 is 2.48 bits per heavy atom. The quantitative estimate of drug-likeness (QED) is 0.754. The van der Waals surface area contributed by atoms with Crippen LogP contribution in [0.5, 0.6) is 0 Å². The number of aromatic nitrogens is 2. The van der Waals surface area contributed by atoms with Crippen LogP contribution in [0.15, 0.2) is 35.3 Å². The minimum atomic E-state index is -0.139. The van der Waals surface area contributed by atoms with Crippen molar-refractivity contribution >= 4 is 22.7 Å². The Balaban J connectivity index is 2.02. The number of carbonyl (C=O) groups is 2. The van der Waals surface area contributed by atoms with E-state index in [-0.39, 0.29) is 30.2 Å². The highest BCUT2D eigenvalue weighted by molar-refractivity contribution is 5.84. The lowest BCUT2D eigenvalue weighted by atomic mass is 10.2. The zero-order chi connectivity index (χ0) is 18.4. The highest BCUT2D eigenvalue weighted by Gasteiger charge is 2.16. The third-order valence-electron chi connectivity index (χ3n) is 4.21.